The fraction of sp³-hybridized carbons (Fsp3) is 0.0800. The number of methoxy groups -OCH3 is 1. The SMILES string of the molecule is COc1ccc(NC(=O)C(Sc2ccc(NS(=O)(=O)c3cccs3)cc2)c2ccccc2)cc1Cl. The van der Waals surface area contributed by atoms with Gasteiger partial charge in [0.05, 0.1) is 12.1 Å². The zero-order valence-electron chi connectivity index (χ0n) is 18.5. The van der Waals surface area contributed by atoms with Gasteiger partial charge < -0.3 is 10.1 Å². The fourth-order valence-corrected chi connectivity index (χ4v) is 6.55. The summed E-state index contributed by atoms with van der Waals surface area (Å²) in [6, 6.07) is 24.6. The van der Waals surface area contributed by atoms with Crippen LogP contribution in [0.3, 0.4) is 0 Å². The van der Waals surface area contributed by atoms with Crippen LogP contribution in [0.15, 0.2) is 99.4 Å². The van der Waals surface area contributed by atoms with Gasteiger partial charge in [0.1, 0.15) is 15.2 Å². The smallest absolute Gasteiger partial charge is 0.271 e. The van der Waals surface area contributed by atoms with Crippen molar-refractivity contribution in [3.63, 3.8) is 0 Å². The maximum atomic E-state index is 13.3. The molecule has 6 nitrogen and oxygen atoms in total. The molecule has 4 rings (SSSR count). The van der Waals surface area contributed by atoms with Crippen LogP contribution in [0, 0.1) is 0 Å². The average Bonchev–Trinajstić information content (AvgIpc) is 3.40. The molecule has 1 aromatic heterocycles. The number of nitrogens with one attached hydrogen (secondary N) is 2. The number of anilines is 2. The maximum absolute atomic E-state index is 13.3. The average molecular weight is 545 g/mol. The summed E-state index contributed by atoms with van der Waals surface area (Å²) in [6.45, 7) is 0. The highest BCUT2D eigenvalue weighted by Crippen LogP contribution is 2.37. The van der Waals surface area contributed by atoms with Gasteiger partial charge in [0, 0.05) is 16.3 Å². The molecule has 0 radical (unpaired) electrons. The summed E-state index contributed by atoms with van der Waals surface area (Å²) in [7, 11) is -2.10. The van der Waals surface area contributed by atoms with Crippen molar-refractivity contribution < 1.29 is 17.9 Å². The van der Waals surface area contributed by atoms with E-state index in [1.807, 2.05) is 30.3 Å². The Morgan fingerprint density at radius 1 is 0.971 bits per heavy atom. The molecule has 180 valence electrons. The second kappa shape index (κ2) is 11.2. The van der Waals surface area contributed by atoms with E-state index in [2.05, 4.69) is 10.0 Å². The number of sulfonamides is 1. The second-order valence-corrected chi connectivity index (χ2v) is 11.8. The molecule has 0 spiro atoms. The molecule has 1 amide bonds. The first kappa shape index (κ1) is 25.1. The summed E-state index contributed by atoms with van der Waals surface area (Å²) in [5, 5.41) is 4.48. The minimum atomic E-state index is -3.63. The largest absolute Gasteiger partial charge is 0.495 e. The van der Waals surface area contributed by atoms with Crippen molar-refractivity contribution in [2.45, 2.75) is 14.4 Å². The number of rotatable bonds is 9. The van der Waals surface area contributed by atoms with Crippen LogP contribution in [0.25, 0.3) is 0 Å². The molecule has 0 aliphatic carbocycles. The number of hydrogen-bond acceptors (Lipinski definition) is 6. The Labute approximate surface area is 217 Å². The number of ether oxygens (including phenoxy) is 1. The second-order valence-electron chi connectivity index (χ2n) is 7.31. The van der Waals surface area contributed by atoms with Gasteiger partial charge in [-0.05, 0) is 59.5 Å². The van der Waals surface area contributed by atoms with Crippen molar-refractivity contribution in [2.75, 3.05) is 17.1 Å². The van der Waals surface area contributed by atoms with Crippen LogP contribution >= 0.6 is 34.7 Å². The highest BCUT2D eigenvalue weighted by molar-refractivity contribution is 8.00. The van der Waals surface area contributed by atoms with E-state index in [4.69, 9.17) is 16.3 Å². The topological polar surface area (TPSA) is 84.5 Å². The highest BCUT2D eigenvalue weighted by atomic mass is 35.5. The predicted octanol–water partition coefficient (Wildman–Crippen LogP) is 6.68. The van der Waals surface area contributed by atoms with Gasteiger partial charge >= 0.3 is 0 Å². The minimum Gasteiger partial charge on any atom is -0.495 e. The van der Waals surface area contributed by atoms with Gasteiger partial charge in [-0.2, -0.15) is 0 Å². The molecule has 3 aromatic carbocycles. The number of carbonyl (C=O) groups is 1. The molecule has 0 aliphatic rings. The molecule has 1 heterocycles. The number of hydrogen-bond donors (Lipinski definition) is 2. The standard InChI is InChI=1S/C25H21ClN2O4S3/c1-32-22-14-11-19(16-21(22)26)27-25(29)24(17-6-3-2-4-7-17)34-20-12-9-18(10-13-20)28-35(30,31)23-8-5-15-33-23/h2-16,24,28H,1H3,(H,27,29). The molecule has 1 atom stereocenters. The third kappa shape index (κ3) is 6.37. The normalized spacial score (nSPS) is 12.1. The van der Waals surface area contributed by atoms with E-state index < -0.39 is 15.3 Å². The minimum absolute atomic E-state index is 0.218. The maximum Gasteiger partial charge on any atom is 0.271 e. The summed E-state index contributed by atoms with van der Waals surface area (Å²) in [5.41, 5.74) is 1.83. The Kier molecular flexibility index (Phi) is 8.02. The monoisotopic (exact) mass is 544 g/mol. The van der Waals surface area contributed by atoms with E-state index in [9.17, 15) is 13.2 Å². The zero-order valence-corrected chi connectivity index (χ0v) is 21.7. The molecule has 2 N–H and O–H groups in total. The van der Waals surface area contributed by atoms with Gasteiger partial charge in [-0.1, -0.05) is 48.0 Å². The summed E-state index contributed by atoms with van der Waals surface area (Å²) >= 11 is 8.71. The molecule has 0 fully saturated rings. The number of thioether (sulfide) groups is 1. The Morgan fingerprint density at radius 3 is 2.31 bits per heavy atom. The van der Waals surface area contributed by atoms with E-state index in [0.29, 0.717) is 22.1 Å². The van der Waals surface area contributed by atoms with Crippen molar-refractivity contribution in [3.8, 4) is 5.75 Å². The fourth-order valence-electron chi connectivity index (χ4n) is 3.21. The summed E-state index contributed by atoms with van der Waals surface area (Å²) in [6.07, 6.45) is 0. The lowest BCUT2D eigenvalue weighted by Crippen LogP contribution is -2.19. The molecule has 0 bridgehead atoms. The van der Waals surface area contributed by atoms with Crippen LogP contribution in [0.5, 0.6) is 5.75 Å². The van der Waals surface area contributed by atoms with Crippen LogP contribution in [-0.2, 0) is 14.8 Å². The lowest BCUT2D eigenvalue weighted by atomic mass is 10.1. The number of thiophene rings is 1. The third-order valence-electron chi connectivity index (χ3n) is 4.88. The van der Waals surface area contributed by atoms with E-state index >= 15 is 0 Å². The van der Waals surface area contributed by atoms with Gasteiger partial charge in [0.2, 0.25) is 5.91 Å². The van der Waals surface area contributed by atoms with Crippen LogP contribution in [0.2, 0.25) is 5.02 Å². The molecule has 1 unspecified atom stereocenters. The Balaban J connectivity index is 1.52. The molecular formula is C25H21ClN2O4S3. The van der Waals surface area contributed by atoms with Gasteiger partial charge in [-0.3, -0.25) is 9.52 Å². The van der Waals surface area contributed by atoms with Crippen molar-refractivity contribution in [3.05, 3.63) is 101 Å². The van der Waals surface area contributed by atoms with Crippen molar-refractivity contribution >= 4 is 62.0 Å². The van der Waals surface area contributed by atoms with Gasteiger partial charge in [-0.25, -0.2) is 8.42 Å². The number of amides is 1. The highest BCUT2D eigenvalue weighted by Gasteiger charge is 2.23. The predicted molar refractivity (Wildman–Crippen MR) is 143 cm³/mol. The molecule has 10 heteroatoms. The van der Waals surface area contributed by atoms with Crippen LogP contribution in [0.4, 0.5) is 11.4 Å². The van der Waals surface area contributed by atoms with Crippen molar-refractivity contribution in [1.29, 1.82) is 0 Å². The number of carbonyl (C=O) groups excluding carboxylic acids is 1. The Bertz CT molecular complexity index is 1390. The van der Waals surface area contributed by atoms with E-state index in [1.165, 1.54) is 18.9 Å². The zero-order chi connectivity index (χ0) is 24.8. The summed E-state index contributed by atoms with van der Waals surface area (Å²) in [4.78, 5) is 14.1. The van der Waals surface area contributed by atoms with Gasteiger partial charge in [-0.15, -0.1) is 23.1 Å². The third-order valence-corrected chi connectivity index (χ3v) is 9.22. The molecule has 4 aromatic rings. The molecule has 35 heavy (non-hydrogen) atoms. The first-order valence-corrected chi connectivity index (χ1v) is 14.0. The van der Waals surface area contributed by atoms with E-state index in [1.54, 1.807) is 60.0 Å². The van der Waals surface area contributed by atoms with Crippen molar-refractivity contribution in [1.82, 2.24) is 0 Å². The Hall–Kier alpha value is -2.98. The lowest BCUT2D eigenvalue weighted by molar-refractivity contribution is -0.115. The van der Waals surface area contributed by atoms with E-state index in [0.717, 1.165) is 21.8 Å². The molecular weight excluding hydrogens is 524 g/mol. The first-order valence-electron chi connectivity index (χ1n) is 10.4. The quantitative estimate of drug-likeness (QED) is 0.229. The van der Waals surface area contributed by atoms with Crippen LogP contribution in [-0.4, -0.2) is 21.4 Å². The summed E-state index contributed by atoms with van der Waals surface area (Å²) in [5.74, 6) is 0.304. The van der Waals surface area contributed by atoms with Gasteiger partial charge in [0.25, 0.3) is 10.0 Å². The van der Waals surface area contributed by atoms with Gasteiger partial charge in [0.15, 0.2) is 0 Å². The van der Waals surface area contributed by atoms with Crippen LogP contribution < -0.4 is 14.8 Å². The first-order chi connectivity index (χ1) is 16.9. The summed E-state index contributed by atoms with van der Waals surface area (Å²) < 4.78 is 32.9. The van der Waals surface area contributed by atoms with Crippen LogP contribution in [0.1, 0.15) is 10.8 Å². The van der Waals surface area contributed by atoms with Crippen molar-refractivity contribution in [2.24, 2.45) is 0 Å². The lowest BCUT2D eigenvalue weighted by Gasteiger charge is -2.18. The molecule has 0 saturated heterocycles. The Morgan fingerprint density at radius 2 is 1.69 bits per heavy atom. The molecule has 0 aliphatic heterocycles. The molecule has 0 saturated carbocycles. The number of halogens is 1. The van der Waals surface area contributed by atoms with E-state index in [-0.39, 0.29) is 10.1 Å². The number of benzene rings is 3.